The summed E-state index contributed by atoms with van der Waals surface area (Å²) in [5, 5.41) is 12.0. The van der Waals surface area contributed by atoms with Crippen LogP contribution in [0.25, 0.3) is 10.9 Å². The van der Waals surface area contributed by atoms with Crippen LogP contribution in [0.2, 0.25) is 0 Å². The predicted octanol–water partition coefficient (Wildman–Crippen LogP) is 1.96. The van der Waals surface area contributed by atoms with Gasteiger partial charge in [-0.1, -0.05) is 59.2 Å². The van der Waals surface area contributed by atoms with Gasteiger partial charge in [-0.3, -0.25) is 43.2 Å². The van der Waals surface area contributed by atoms with Gasteiger partial charge in [0.15, 0.2) is 11.6 Å². The lowest BCUT2D eigenvalue weighted by atomic mass is 9.76. The van der Waals surface area contributed by atoms with Gasteiger partial charge in [0.25, 0.3) is 0 Å². The molecule has 1 aromatic carbocycles. The first-order valence-corrected chi connectivity index (χ1v) is 22.0. The van der Waals surface area contributed by atoms with E-state index >= 15 is 0 Å². The second-order valence-corrected chi connectivity index (χ2v) is 18.0. The molecule has 4 heterocycles. The summed E-state index contributed by atoms with van der Waals surface area (Å²) in [6.45, 7) is 8.54. The molecule has 2 aromatic rings. The molecule has 2 bridgehead atoms. The summed E-state index contributed by atoms with van der Waals surface area (Å²) in [4.78, 5) is 129. The Bertz CT molecular complexity index is 2000. The van der Waals surface area contributed by atoms with Crippen molar-refractivity contribution in [3.63, 3.8) is 0 Å². The maximum atomic E-state index is 14.6. The van der Waals surface area contributed by atoms with Gasteiger partial charge in [0, 0.05) is 60.7 Å². The largest absolute Gasteiger partial charge is 0.370 e. The Hall–Kier alpha value is -5.06. The highest BCUT2D eigenvalue weighted by Gasteiger charge is 2.42. The standard InChI is InChI=1S/C43H59N7O9S/c1-6-23(4)39-41(58)46-19-37(55)47-31-21-60-42-29(27-10-7-8-11-30(27)48-42)14-25(40(57)45-20-38(56)49-39)15-33(51)28(24(5)22(2)3)18-35(53)32-12-9-13-50(32)43(59)26(16-34(31)52)17-36(44)54/h7-8,10-11,22-26,28,31-32,39,48H,6,9,12-21H2,1-5H3,(H2,44,54)(H,45,57)(H,46,58)(H,47,55)(H,49,56)/t23-,24-,25?,26-,28?,31?,32?,39-/m0/s1. The number of rotatable bonds is 6. The second kappa shape index (κ2) is 20.5. The number of hydrogen-bond acceptors (Lipinski definition) is 10. The summed E-state index contributed by atoms with van der Waals surface area (Å²) in [6, 6.07) is 4.17. The zero-order valence-corrected chi connectivity index (χ0v) is 35.9. The van der Waals surface area contributed by atoms with Crippen molar-refractivity contribution in [2.45, 2.75) is 109 Å². The van der Waals surface area contributed by atoms with E-state index < -0.39 is 103 Å². The lowest BCUT2D eigenvalue weighted by Crippen LogP contribution is -2.55. The molecule has 4 unspecified atom stereocenters. The van der Waals surface area contributed by atoms with E-state index in [1.54, 1.807) is 6.92 Å². The summed E-state index contributed by atoms with van der Waals surface area (Å²) in [5.74, 6) is -9.01. The summed E-state index contributed by atoms with van der Waals surface area (Å²) in [5.41, 5.74) is 7.01. The smallest absolute Gasteiger partial charge is 0.243 e. The van der Waals surface area contributed by atoms with E-state index in [4.69, 9.17) is 5.73 Å². The summed E-state index contributed by atoms with van der Waals surface area (Å²) < 4.78 is 0. The Morgan fingerprint density at radius 2 is 1.53 bits per heavy atom. The van der Waals surface area contributed by atoms with Crippen molar-refractivity contribution in [3.05, 3.63) is 29.8 Å². The van der Waals surface area contributed by atoms with E-state index in [-0.39, 0.29) is 60.9 Å². The van der Waals surface area contributed by atoms with E-state index in [0.717, 1.165) is 5.39 Å². The van der Waals surface area contributed by atoms with Crippen LogP contribution in [0.1, 0.15) is 85.1 Å². The van der Waals surface area contributed by atoms with Crippen LogP contribution in [0.5, 0.6) is 0 Å². The minimum absolute atomic E-state index is 0.0274. The molecule has 3 aliphatic rings. The van der Waals surface area contributed by atoms with Gasteiger partial charge in [-0.15, -0.1) is 11.8 Å². The summed E-state index contributed by atoms with van der Waals surface area (Å²) in [6.07, 6.45) is -0.0752. The topological polar surface area (TPSA) is 247 Å². The molecule has 17 heteroatoms. The molecule has 0 radical (unpaired) electrons. The van der Waals surface area contributed by atoms with Crippen molar-refractivity contribution in [1.29, 1.82) is 0 Å². The number of benzene rings is 1. The molecule has 5 rings (SSSR count). The third-order valence-corrected chi connectivity index (χ3v) is 13.6. The highest BCUT2D eigenvalue weighted by Crippen LogP contribution is 2.36. The molecule has 8 atom stereocenters. The zero-order valence-electron chi connectivity index (χ0n) is 35.1. The molecule has 326 valence electrons. The number of primary amides is 1. The van der Waals surface area contributed by atoms with Crippen molar-refractivity contribution >= 4 is 75.5 Å². The predicted molar refractivity (Wildman–Crippen MR) is 224 cm³/mol. The highest BCUT2D eigenvalue weighted by atomic mass is 32.2. The quantitative estimate of drug-likeness (QED) is 0.247. The lowest BCUT2D eigenvalue weighted by Gasteiger charge is -2.31. The molecule has 6 amide bonds. The number of aromatic nitrogens is 1. The van der Waals surface area contributed by atoms with Crippen molar-refractivity contribution in [1.82, 2.24) is 31.2 Å². The van der Waals surface area contributed by atoms with Crippen LogP contribution in [0.4, 0.5) is 0 Å². The molecular formula is C43H59N7O9S. The van der Waals surface area contributed by atoms with Crippen LogP contribution in [-0.4, -0.2) is 106 Å². The van der Waals surface area contributed by atoms with Gasteiger partial charge in [0.1, 0.15) is 11.8 Å². The number of hydrogen-bond donors (Lipinski definition) is 6. The number of nitrogens with zero attached hydrogens (tertiary/aromatic N) is 1. The van der Waals surface area contributed by atoms with Crippen LogP contribution >= 0.6 is 11.8 Å². The SMILES string of the molecule is CC[C@H](C)[C@@H]1NC(=O)CNC(=O)C2CC(=O)C([C@@H](C)C(C)C)CC(=O)C3CCCN3C(=O)[C@H](CC(N)=O)CC(=O)C(CSc3[nH]c4ccccc4c3C2)NC(=O)CNC1=O. The van der Waals surface area contributed by atoms with Crippen LogP contribution < -0.4 is 27.0 Å². The van der Waals surface area contributed by atoms with Gasteiger partial charge in [-0.05, 0) is 48.6 Å². The monoisotopic (exact) mass is 849 g/mol. The Labute approximate surface area is 354 Å². The van der Waals surface area contributed by atoms with Crippen molar-refractivity contribution in [2.24, 2.45) is 41.2 Å². The van der Waals surface area contributed by atoms with Crippen LogP contribution in [0, 0.1) is 35.5 Å². The molecule has 3 aliphatic heterocycles. The maximum Gasteiger partial charge on any atom is 0.243 e. The average molecular weight is 850 g/mol. The van der Waals surface area contributed by atoms with Gasteiger partial charge in [0.2, 0.25) is 35.4 Å². The van der Waals surface area contributed by atoms with Gasteiger partial charge < -0.3 is 36.9 Å². The van der Waals surface area contributed by atoms with E-state index in [1.165, 1.54) is 16.7 Å². The number of carbonyl (C=O) groups excluding carboxylic acids is 9. The van der Waals surface area contributed by atoms with Gasteiger partial charge in [-0.2, -0.15) is 0 Å². The van der Waals surface area contributed by atoms with E-state index in [0.29, 0.717) is 35.4 Å². The Balaban J connectivity index is 1.67. The van der Waals surface area contributed by atoms with Crippen LogP contribution in [0.3, 0.4) is 0 Å². The normalized spacial score (nSPS) is 27.1. The van der Waals surface area contributed by atoms with E-state index in [9.17, 15) is 43.2 Å². The summed E-state index contributed by atoms with van der Waals surface area (Å²) >= 11 is 1.20. The van der Waals surface area contributed by atoms with Crippen LogP contribution in [-0.2, 0) is 49.6 Å². The average Bonchev–Trinajstić information content (AvgIpc) is 3.84. The number of carbonyl (C=O) groups is 9. The number of thioether (sulfide) groups is 1. The minimum Gasteiger partial charge on any atom is -0.370 e. The number of para-hydroxylation sites is 1. The third kappa shape index (κ3) is 11.2. The van der Waals surface area contributed by atoms with Gasteiger partial charge >= 0.3 is 0 Å². The number of Topliss-reactive ketones (excluding diaryl/α,β-unsaturated/α-hetero) is 3. The Morgan fingerprint density at radius 3 is 2.22 bits per heavy atom. The summed E-state index contributed by atoms with van der Waals surface area (Å²) in [7, 11) is 0. The molecule has 16 nitrogen and oxygen atoms in total. The molecule has 0 saturated carbocycles. The fourth-order valence-electron chi connectivity index (χ4n) is 8.43. The molecule has 1 fully saturated rings. The fraction of sp³-hybridized carbons (Fsp3) is 0.605. The highest BCUT2D eigenvalue weighted by molar-refractivity contribution is 7.99. The molecule has 60 heavy (non-hydrogen) atoms. The van der Waals surface area contributed by atoms with Gasteiger partial charge in [0.05, 0.1) is 36.1 Å². The Morgan fingerprint density at radius 1 is 0.850 bits per heavy atom. The van der Waals surface area contributed by atoms with E-state index in [2.05, 4.69) is 26.3 Å². The molecule has 1 aromatic heterocycles. The number of aromatic amines is 1. The first-order valence-electron chi connectivity index (χ1n) is 21.0. The number of ketones is 3. The van der Waals surface area contributed by atoms with Gasteiger partial charge in [-0.25, -0.2) is 0 Å². The number of H-pyrrole nitrogens is 1. The number of nitrogens with one attached hydrogen (secondary N) is 5. The van der Waals surface area contributed by atoms with Crippen LogP contribution in [0.15, 0.2) is 29.3 Å². The molecular weight excluding hydrogens is 791 g/mol. The van der Waals surface area contributed by atoms with Crippen molar-refractivity contribution < 1.29 is 43.2 Å². The lowest BCUT2D eigenvalue weighted by molar-refractivity contribution is -0.144. The number of fused-ring (bicyclic) bond motifs is 5. The molecule has 1 saturated heterocycles. The Kier molecular flexibility index (Phi) is 15.7. The number of nitrogens with two attached hydrogens (primary N) is 1. The maximum absolute atomic E-state index is 14.6. The zero-order chi connectivity index (χ0) is 43.8. The van der Waals surface area contributed by atoms with Crippen molar-refractivity contribution in [2.75, 3.05) is 25.4 Å². The molecule has 0 aliphatic carbocycles. The molecule has 0 spiro atoms. The first-order chi connectivity index (χ1) is 28.5. The van der Waals surface area contributed by atoms with E-state index in [1.807, 2.05) is 52.0 Å². The van der Waals surface area contributed by atoms with Crippen molar-refractivity contribution in [3.8, 4) is 0 Å². The number of amides is 6. The minimum atomic E-state index is -1.24. The third-order valence-electron chi connectivity index (χ3n) is 12.5. The molecule has 7 N–H and O–H groups in total. The fourth-order valence-corrected chi connectivity index (χ4v) is 9.58. The second-order valence-electron chi connectivity index (χ2n) is 17.0. The first kappa shape index (κ1) is 46.0.